The number of hydrogen-bond donors (Lipinski definition) is 2. The van der Waals surface area contributed by atoms with Crippen LogP contribution in [0.15, 0.2) is 71.3 Å². The number of hydrogen-bond acceptors (Lipinski definition) is 4. The van der Waals surface area contributed by atoms with E-state index in [1.54, 1.807) is 24.3 Å². The smallest absolute Gasteiger partial charge is 0.416 e. The molecule has 0 spiro atoms. The van der Waals surface area contributed by atoms with Crippen molar-refractivity contribution in [2.45, 2.75) is 18.8 Å². The Bertz CT molecular complexity index is 2000. The average molecular weight is 706 g/mol. The van der Waals surface area contributed by atoms with Crippen LogP contribution < -0.4 is 10.1 Å². The number of H-pyrrole nitrogens is 1. The number of benzene rings is 4. The third-order valence-corrected chi connectivity index (χ3v) is 8.36. The predicted molar refractivity (Wildman–Crippen MR) is 159 cm³/mol. The number of nitrogens with zero attached hydrogens (tertiary/aromatic N) is 2. The molecule has 2 heterocycles. The third kappa shape index (κ3) is 5.61. The molecule has 5 aromatic rings. The molecule has 1 atom stereocenters. The van der Waals surface area contributed by atoms with Crippen molar-refractivity contribution in [1.29, 1.82) is 0 Å². The normalized spacial score (nSPS) is 14.6. The Hall–Kier alpha value is -4.49. The molecule has 0 fully saturated rings. The highest BCUT2D eigenvalue weighted by molar-refractivity contribution is 9.10. The van der Waals surface area contributed by atoms with Crippen molar-refractivity contribution >= 4 is 55.9 Å². The second-order valence-electron chi connectivity index (χ2n) is 10.2. The number of rotatable bonds is 6. The number of amides is 2. The first-order chi connectivity index (χ1) is 21.3. The fourth-order valence-corrected chi connectivity index (χ4v) is 6.01. The van der Waals surface area contributed by atoms with E-state index < -0.39 is 46.8 Å². The molecule has 0 bridgehead atoms. The van der Waals surface area contributed by atoms with Crippen molar-refractivity contribution in [2.24, 2.45) is 0 Å². The standard InChI is InChI=1S/C31H19BrClF5N4O3/c1-45-19-5-2-14(3-6-19)13-42-27(20-11-17(34)4-7-22(20)33)24-23(12-21-26(25(24)30(42)44)40-41-28(21)32)39-29(43)15-8-16(31(36,37)38)10-18(35)9-15/h2-12,27H,13H2,1H3,(H,39,43)(H,40,41). The Balaban J connectivity index is 1.54. The molecular formula is C31H19BrClF5N4O3. The molecule has 1 unspecified atom stereocenters. The molecule has 7 nitrogen and oxygen atoms in total. The van der Waals surface area contributed by atoms with Gasteiger partial charge in [0.25, 0.3) is 11.8 Å². The van der Waals surface area contributed by atoms with Gasteiger partial charge in [-0.1, -0.05) is 23.7 Å². The van der Waals surface area contributed by atoms with Gasteiger partial charge in [-0.05, 0) is 76.1 Å². The van der Waals surface area contributed by atoms with E-state index in [0.717, 1.165) is 12.1 Å². The number of aromatic nitrogens is 2. The summed E-state index contributed by atoms with van der Waals surface area (Å²) in [5, 5.41) is 9.97. The van der Waals surface area contributed by atoms with Crippen LogP contribution in [0.2, 0.25) is 5.02 Å². The second-order valence-corrected chi connectivity index (χ2v) is 11.3. The maximum atomic E-state index is 14.7. The van der Waals surface area contributed by atoms with Crippen LogP contribution in [0.5, 0.6) is 5.75 Å². The summed E-state index contributed by atoms with van der Waals surface area (Å²) in [7, 11) is 1.51. The van der Waals surface area contributed by atoms with Crippen molar-refractivity contribution < 1.29 is 36.3 Å². The number of methoxy groups -OCH3 is 1. The summed E-state index contributed by atoms with van der Waals surface area (Å²) in [6.07, 6.45) is -4.91. The first-order valence-corrected chi connectivity index (χ1v) is 14.3. The molecule has 14 heteroatoms. The zero-order valence-electron chi connectivity index (χ0n) is 22.9. The predicted octanol–water partition coefficient (Wildman–Crippen LogP) is 8.28. The van der Waals surface area contributed by atoms with Gasteiger partial charge < -0.3 is 15.0 Å². The minimum Gasteiger partial charge on any atom is -0.497 e. The van der Waals surface area contributed by atoms with Crippen LogP contribution >= 0.6 is 27.5 Å². The number of ether oxygens (including phenoxy) is 1. The van der Waals surface area contributed by atoms with E-state index >= 15 is 0 Å². The number of aromatic amines is 1. The topological polar surface area (TPSA) is 87.3 Å². The lowest BCUT2D eigenvalue weighted by Gasteiger charge is -2.28. The first-order valence-electron chi connectivity index (χ1n) is 13.1. The number of alkyl halides is 3. The van der Waals surface area contributed by atoms with Crippen LogP contribution in [0.4, 0.5) is 27.6 Å². The van der Waals surface area contributed by atoms with E-state index in [0.29, 0.717) is 34.3 Å². The van der Waals surface area contributed by atoms with Crippen LogP contribution in [-0.2, 0) is 12.7 Å². The van der Waals surface area contributed by atoms with Gasteiger partial charge in [0.1, 0.15) is 22.0 Å². The zero-order chi connectivity index (χ0) is 32.2. The molecule has 6 rings (SSSR count). The molecule has 45 heavy (non-hydrogen) atoms. The summed E-state index contributed by atoms with van der Waals surface area (Å²) in [4.78, 5) is 29.1. The van der Waals surface area contributed by atoms with Crippen molar-refractivity contribution in [3.63, 3.8) is 0 Å². The summed E-state index contributed by atoms with van der Waals surface area (Å²) >= 11 is 9.88. The fraction of sp³-hybridized carbons (Fsp3) is 0.129. The fourth-order valence-electron chi connectivity index (χ4n) is 5.39. The summed E-state index contributed by atoms with van der Waals surface area (Å²) in [5.41, 5.74) is -0.533. The Kier molecular flexibility index (Phi) is 7.77. The van der Waals surface area contributed by atoms with Gasteiger partial charge in [0.05, 0.1) is 29.8 Å². The molecule has 0 saturated carbocycles. The zero-order valence-corrected chi connectivity index (χ0v) is 25.2. The van der Waals surface area contributed by atoms with Crippen molar-refractivity contribution in [3.8, 4) is 5.75 Å². The molecule has 2 N–H and O–H groups in total. The number of halogens is 7. The van der Waals surface area contributed by atoms with E-state index in [-0.39, 0.29) is 44.6 Å². The lowest BCUT2D eigenvalue weighted by molar-refractivity contribution is -0.137. The molecule has 1 aliphatic rings. The number of anilines is 1. The molecule has 1 aliphatic heterocycles. The van der Waals surface area contributed by atoms with Crippen molar-refractivity contribution in [2.75, 3.05) is 12.4 Å². The van der Waals surface area contributed by atoms with Crippen LogP contribution in [0.3, 0.4) is 0 Å². The van der Waals surface area contributed by atoms with Gasteiger partial charge >= 0.3 is 6.18 Å². The molecule has 4 aromatic carbocycles. The van der Waals surface area contributed by atoms with Crippen LogP contribution in [0.25, 0.3) is 10.9 Å². The van der Waals surface area contributed by atoms with Crippen LogP contribution in [0.1, 0.15) is 49.0 Å². The van der Waals surface area contributed by atoms with Crippen molar-refractivity contribution in [3.05, 3.63) is 121 Å². The Morgan fingerprint density at radius 1 is 1.07 bits per heavy atom. The SMILES string of the molecule is COc1ccc(CN2C(=O)c3c(c(NC(=O)c4cc(F)cc(C(F)(F)F)c4)cc4c(Br)n[nH]c34)C2c2cc(F)ccc2Cl)cc1. The Labute approximate surface area is 265 Å². The molecule has 0 saturated heterocycles. The lowest BCUT2D eigenvalue weighted by Crippen LogP contribution is -2.29. The highest BCUT2D eigenvalue weighted by atomic mass is 79.9. The Morgan fingerprint density at radius 2 is 1.80 bits per heavy atom. The molecular weight excluding hydrogens is 687 g/mol. The molecule has 0 aliphatic carbocycles. The Morgan fingerprint density at radius 3 is 2.49 bits per heavy atom. The van der Waals surface area contributed by atoms with E-state index in [1.807, 2.05) is 0 Å². The monoisotopic (exact) mass is 704 g/mol. The van der Waals surface area contributed by atoms with Gasteiger partial charge in [0, 0.05) is 39.3 Å². The van der Waals surface area contributed by atoms with E-state index in [9.17, 15) is 31.5 Å². The highest BCUT2D eigenvalue weighted by Crippen LogP contribution is 2.48. The van der Waals surface area contributed by atoms with Gasteiger partial charge in [0.15, 0.2) is 0 Å². The van der Waals surface area contributed by atoms with Crippen LogP contribution in [-0.4, -0.2) is 34.0 Å². The third-order valence-electron chi connectivity index (χ3n) is 7.42. The van der Waals surface area contributed by atoms with Gasteiger partial charge in [-0.25, -0.2) is 8.78 Å². The summed E-state index contributed by atoms with van der Waals surface area (Å²) in [5.74, 6) is -2.92. The van der Waals surface area contributed by atoms with Gasteiger partial charge in [-0.3, -0.25) is 14.7 Å². The van der Waals surface area contributed by atoms with E-state index in [1.165, 1.54) is 24.1 Å². The second kappa shape index (κ2) is 11.5. The average Bonchev–Trinajstić information content (AvgIpc) is 3.50. The number of carbonyl (C=O) groups is 2. The largest absolute Gasteiger partial charge is 0.497 e. The molecule has 1 aromatic heterocycles. The number of fused-ring (bicyclic) bond motifs is 3. The summed E-state index contributed by atoms with van der Waals surface area (Å²) in [6.45, 7) is 0.0119. The molecule has 230 valence electrons. The van der Waals surface area contributed by atoms with E-state index in [2.05, 4.69) is 31.4 Å². The maximum Gasteiger partial charge on any atom is 0.416 e. The van der Waals surface area contributed by atoms with Gasteiger partial charge in [-0.2, -0.15) is 18.3 Å². The highest BCUT2D eigenvalue weighted by Gasteiger charge is 2.43. The maximum absolute atomic E-state index is 14.7. The van der Waals surface area contributed by atoms with Crippen molar-refractivity contribution in [1.82, 2.24) is 15.1 Å². The number of carbonyl (C=O) groups excluding carboxylic acids is 2. The minimum atomic E-state index is -4.91. The molecule has 2 amide bonds. The number of nitrogens with one attached hydrogen (secondary N) is 2. The van der Waals surface area contributed by atoms with E-state index in [4.69, 9.17) is 16.3 Å². The van der Waals surface area contributed by atoms with Gasteiger partial charge in [-0.15, -0.1) is 0 Å². The van der Waals surface area contributed by atoms with Gasteiger partial charge in [0.2, 0.25) is 0 Å². The lowest BCUT2D eigenvalue weighted by atomic mass is 9.94. The first kappa shape index (κ1) is 30.5. The molecule has 0 radical (unpaired) electrons. The quantitative estimate of drug-likeness (QED) is 0.174. The van der Waals surface area contributed by atoms with Crippen LogP contribution in [0, 0.1) is 11.6 Å². The summed E-state index contributed by atoms with van der Waals surface area (Å²) in [6, 6.07) is 12.4. The summed E-state index contributed by atoms with van der Waals surface area (Å²) < 4.78 is 74.6. The minimum absolute atomic E-state index is 0.00155.